The van der Waals surface area contributed by atoms with E-state index < -0.39 is 11.2 Å². The number of nitrogens with zero attached hydrogens (tertiary/aromatic N) is 3. The molecule has 0 radical (unpaired) electrons. The zero-order valence-corrected chi connectivity index (χ0v) is 17.9. The summed E-state index contributed by atoms with van der Waals surface area (Å²) < 4.78 is 1.01. The van der Waals surface area contributed by atoms with Gasteiger partial charge in [-0.2, -0.15) is 0 Å². The van der Waals surface area contributed by atoms with Crippen molar-refractivity contribution in [2.24, 2.45) is 0 Å². The molecule has 1 saturated heterocycles. The first kappa shape index (κ1) is 20.9. The molecule has 3 aromatic rings. The van der Waals surface area contributed by atoms with E-state index in [1.54, 1.807) is 29.2 Å². The second-order valence-electron chi connectivity index (χ2n) is 7.61. The van der Waals surface area contributed by atoms with Crippen molar-refractivity contribution in [3.63, 3.8) is 0 Å². The fourth-order valence-electron chi connectivity index (χ4n) is 3.77. The summed E-state index contributed by atoms with van der Waals surface area (Å²) in [5.41, 5.74) is 1.70. The highest BCUT2D eigenvalue weighted by molar-refractivity contribution is 6.31. The van der Waals surface area contributed by atoms with Crippen LogP contribution in [0.4, 0.5) is 5.69 Å². The van der Waals surface area contributed by atoms with E-state index in [1.807, 2.05) is 19.1 Å². The van der Waals surface area contributed by atoms with Crippen LogP contribution in [0.1, 0.15) is 21.5 Å². The van der Waals surface area contributed by atoms with Crippen LogP contribution in [0.5, 0.6) is 0 Å². The van der Waals surface area contributed by atoms with Crippen LogP contribution in [-0.2, 0) is 6.54 Å². The smallest absolute Gasteiger partial charge is 0.328 e. The molecule has 4 rings (SSSR count). The van der Waals surface area contributed by atoms with E-state index in [1.165, 1.54) is 11.8 Å². The van der Waals surface area contributed by atoms with Gasteiger partial charge in [-0.1, -0.05) is 41.9 Å². The third kappa shape index (κ3) is 4.41. The number of anilines is 1. The molecule has 1 N–H and O–H groups in total. The standard InChI is InChI=1S/C23H23ClN4O3/c1-16-5-4-7-18(13-16)26-9-11-27(12-10-26)21(29)19-14-25-23(31)28(22(19)30)15-17-6-2-3-8-20(17)24/h2-8,13-14H,9-12,15H2,1H3,(H,25,31). The number of aromatic nitrogens is 2. The molecule has 0 saturated carbocycles. The molecule has 1 amide bonds. The van der Waals surface area contributed by atoms with E-state index in [0.29, 0.717) is 36.8 Å². The predicted octanol–water partition coefficient (Wildman–Crippen LogP) is 2.51. The lowest BCUT2D eigenvalue weighted by molar-refractivity contribution is 0.0743. The van der Waals surface area contributed by atoms with Crippen LogP contribution in [0.2, 0.25) is 5.02 Å². The molecule has 0 bridgehead atoms. The fourth-order valence-corrected chi connectivity index (χ4v) is 3.96. The highest BCUT2D eigenvalue weighted by Gasteiger charge is 2.25. The molecule has 160 valence electrons. The Kier molecular flexibility index (Phi) is 5.95. The van der Waals surface area contributed by atoms with Crippen molar-refractivity contribution < 1.29 is 4.79 Å². The lowest BCUT2D eigenvalue weighted by Crippen LogP contribution is -2.50. The average Bonchev–Trinajstić information content (AvgIpc) is 2.77. The van der Waals surface area contributed by atoms with E-state index in [9.17, 15) is 14.4 Å². The van der Waals surface area contributed by atoms with E-state index in [0.717, 1.165) is 10.3 Å². The van der Waals surface area contributed by atoms with E-state index in [-0.39, 0.29) is 18.0 Å². The van der Waals surface area contributed by atoms with Gasteiger partial charge in [0.1, 0.15) is 5.56 Å². The Hall–Kier alpha value is -3.32. The summed E-state index contributed by atoms with van der Waals surface area (Å²) in [6.07, 6.45) is 1.21. The number of H-pyrrole nitrogens is 1. The van der Waals surface area contributed by atoms with E-state index in [2.05, 4.69) is 22.0 Å². The first-order valence-corrected chi connectivity index (χ1v) is 10.5. The zero-order valence-electron chi connectivity index (χ0n) is 17.2. The maximum atomic E-state index is 13.0. The number of carbonyl (C=O) groups is 1. The number of hydrogen-bond donors (Lipinski definition) is 1. The first-order valence-electron chi connectivity index (χ1n) is 10.1. The number of hydrogen-bond acceptors (Lipinski definition) is 4. The monoisotopic (exact) mass is 438 g/mol. The maximum Gasteiger partial charge on any atom is 0.328 e. The Bertz CT molecular complexity index is 1230. The van der Waals surface area contributed by atoms with Crippen LogP contribution in [0.15, 0.2) is 64.3 Å². The zero-order chi connectivity index (χ0) is 22.0. The minimum absolute atomic E-state index is 0.00387. The Morgan fingerprint density at radius 1 is 1.03 bits per heavy atom. The quantitative estimate of drug-likeness (QED) is 0.679. The van der Waals surface area contributed by atoms with Crippen molar-refractivity contribution in [1.82, 2.24) is 14.5 Å². The number of carbonyl (C=O) groups excluding carboxylic acids is 1. The molecule has 31 heavy (non-hydrogen) atoms. The largest absolute Gasteiger partial charge is 0.368 e. The van der Waals surface area contributed by atoms with Crippen LogP contribution in [0.25, 0.3) is 0 Å². The molecule has 8 heteroatoms. The Labute approximate surface area is 184 Å². The molecule has 1 fully saturated rings. The predicted molar refractivity (Wildman–Crippen MR) is 121 cm³/mol. The number of aryl methyl sites for hydroxylation is 1. The van der Waals surface area contributed by atoms with Gasteiger partial charge in [-0.05, 0) is 36.2 Å². The maximum absolute atomic E-state index is 13.0. The normalized spacial score (nSPS) is 14.0. The third-order valence-electron chi connectivity index (χ3n) is 5.51. The van der Waals surface area contributed by atoms with Crippen molar-refractivity contribution in [2.75, 3.05) is 31.1 Å². The van der Waals surface area contributed by atoms with E-state index in [4.69, 9.17) is 11.6 Å². The summed E-state index contributed by atoms with van der Waals surface area (Å²) in [5.74, 6) is -0.377. The Morgan fingerprint density at radius 2 is 1.77 bits per heavy atom. The number of nitrogens with one attached hydrogen (secondary N) is 1. The number of rotatable bonds is 4. The summed E-state index contributed by atoms with van der Waals surface area (Å²) >= 11 is 6.17. The van der Waals surface area contributed by atoms with Crippen molar-refractivity contribution in [3.05, 3.63) is 97.3 Å². The minimum Gasteiger partial charge on any atom is -0.368 e. The third-order valence-corrected chi connectivity index (χ3v) is 5.88. The number of amides is 1. The van der Waals surface area contributed by atoms with E-state index >= 15 is 0 Å². The molecule has 1 aliphatic rings. The van der Waals surface area contributed by atoms with Crippen molar-refractivity contribution in [2.45, 2.75) is 13.5 Å². The summed E-state index contributed by atoms with van der Waals surface area (Å²) in [6, 6.07) is 15.2. The average molecular weight is 439 g/mol. The van der Waals surface area contributed by atoms with Crippen molar-refractivity contribution >= 4 is 23.2 Å². The summed E-state index contributed by atoms with van der Waals surface area (Å²) in [4.78, 5) is 44.7. The molecule has 0 unspecified atom stereocenters. The molecule has 2 heterocycles. The molecule has 1 aromatic heterocycles. The summed E-state index contributed by atoms with van der Waals surface area (Å²) in [6.45, 7) is 4.38. The van der Waals surface area contributed by atoms with Crippen molar-refractivity contribution in [3.8, 4) is 0 Å². The second-order valence-corrected chi connectivity index (χ2v) is 8.02. The van der Waals surface area contributed by atoms with Crippen molar-refractivity contribution in [1.29, 1.82) is 0 Å². The van der Waals surface area contributed by atoms with Gasteiger partial charge in [-0.3, -0.25) is 14.2 Å². The molecule has 2 aromatic carbocycles. The second kappa shape index (κ2) is 8.81. The summed E-state index contributed by atoms with van der Waals surface area (Å²) in [7, 11) is 0. The minimum atomic E-state index is -0.616. The molecule has 0 atom stereocenters. The molecule has 7 nitrogen and oxygen atoms in total. The van der Waals surface area contributed by atoms with Crippen LogP contribution >= 0.6 is 11.6 Å². The topological polar surface area (TPSA) is 78.4 Å². The molecular weight excluding hydrogens is 416 g/mol. The fraction of sp³-hybridized carbons (Fsp3) is 0.261. The molecule has 1 aliphatic heterocycles. The van der Waals surface area contributed by atoms with Gasteiger partial charge >= 0.3 is 5.69 Å². The van der Waals surface area contributed by atoms with Gasteiger partial charge in [0, 0.05) is 43.1 Å². The van der Waals surface area contributed by atoms with Crippen LogP contribution < -0.4 is 16.1 Å². The molecule has 0 spiro atoms. The molecule has 0 aliphatic carbocycles. The van der Waals surface area contributed by atoms with Crippen LogP contribution in [0, 0.1) is 6.92 Å². The lowest BCUT2D eigenvalue weighted by atomic mass is 10.2. The number of benzene rings is 2. The van der Waals surface area contributed by atoms with Crippen LogP contribution in [-0.4, -0.2) is 46.5 Å². The van der Waals surface area contributed by atoms with Gasteiger partial charge in [0.15, 0.2) is 0 Å². The van der Waals surface area contributed by atoms with Crippen LogP contribution in [0.3, 0.4) is 0 Å². The van der Waals surface area contributed by atoms with Gasteiger partial charge in [-0.25, -0.2) is 4.79 Å². The van der Waals surface area contributed by atoms with Gasteiger partial charge in [0.05, 0.1) is 6.54 Å². The van der Waals surface area contributed by atoms with Gasteiger partial charge in [0.2, 0.25) is 0 Å². The number of aromatic amines is 1. The van der Waals surface area contributed by atoms with Gasteiger partial charge in [-0.15, -0.1) is 0 Å². The van der Waals surface area contributed by atoms with Gasteiger partial charge in [0.25, 0.3) is 11.5 Å². The highest BCUT2D eigenvalue weighted by Crippen LogP contribution is 2.18. The SMILES string of the molecule is Cc1cccc(N2CCN(C(=O)c3c[nH]c(=O)n(Cc4ccccc4Cl)c3=O)CC2)c1. The van der Waals surface area contributed by atoms with Gasteiger partial charge < -0.3 is 14.8 Å². The Morgan fingerprint density at radius 3 is 2.48 bits per heavy atom. The summed E-state index contributed by atoms with van der Waals surface area (Å²) in [5, 5.41) is 0.456. The number of piperazine rings is 1. The first-order chi connectivity index (χ1) is 14.9. The lowest BCUT2D eigenvalue weighted by Gasteiger charge is -2.36. The molecular formula is C23H23ClN4O3. The highest BCUT2D eigenvalue weighted by atomic mass is 35.5. The Balaban J connectivity index is 1.52. The number of halogens is 1.